The lowest BCUT2D eigenvalue weighted by molar-refractivity contribution is -0.139. The first kappa shape index (κ1) is 42.8. The van der Waals surface area contributed by atoms with Crippen molar-refractivity contribution in [3.8, 4) is 0 Å². The van der Waals surface area contributed by atoms with E-state index in [-0.39, 0.29) is 25.2 Å². The number of esters is 3. The van der Waals surface area contributed by atoms with Gasteiger partial charge in [0.25, 0.3) is 0 Å². The number of carboxylic acids is 1. The fourth-order valence-electron chi connectivity index (χ4n) is 1.60. The normalized spacial score (nSPS) is 8.30. The predicted octanol–water partition coefficient (Wildman–Crippen LogP) is 5.72. The van der Waals surface area contributed by atoms with E-state index in [1.165, 1.54) is 11.6 Å². The molecule has 0 saturated carbocycles. The van der Waals surface area contributed by atoms with Crippen LogP contribution in [0.4, 0.5) is 0 Å². The van der Waals surface area contributed by atoms with Crippen LogP contribution >= 0.6 is 0 Å². The summed E-state index contributed by atoms with van der Waals surface area (Å²) in [6.45, 7) is 23.2. The van der Waals surface area contributed by atoms with Crippen molar-refractivity contribution in [3.05, 3.63) is 92.6 Å². The Kier molecular flexibility index (Phi) is 37.2. The molecule has 40 heavy (non-hydrogen) atoms. The molecule has 0 aliphatic rings. The van der Waals surface area contributed by atoms with Crippen LogP contribution in [0.15, 0.2) is 87.0 Å². The van der Waals surface area contributed by atoms with E-state index in [2.05, 4.69) is 49.3 Å². The van der Waals surface area contributed by atoms with Gasteiger partial charge in [-0.05, 0) is 25.3 Å². The Bertz CT molecular complexity index is 859. The number of hydrogen-bond acceptors (Lipinski definition) is 8. The smallest absolute Gasteiger partial charge is 0.333 e. The number of hydrogen-bond donors (Lipinski definition) is 2. The van der Waals surface area contributed by atoms with E-state index in [1.54, 1.807) is 6.92 Å². The molecule has 0 bridgehead atoms. The van der Waals surface area contributed by atoms with Gasteiger partial charge < -0.3 is 24.4 Å². The van der Waals surface area contributed by atoms with Gasteiger partial charge in [-0.3, -0.25) is 0 Å². The zero-order valence-corrected chi connectivity index (χ0v) is 24.1. The molecule has 224 valence electrons. The lowest BCUT2D eigenvalue weighted by atomic mass is 10.2. The van der Waals surface area contributed by atoms with Gasteiger partial charge in [0.1, 0.15) is 6.61 Å². The van der Waals surface area contributed by atoms with Crippen molar-refractivity contribution in [1.29, 1.82) is 0 Å². The first-order valence-corrected chi connectivity index (χ1v) is 12.6. The number of aliphatic hydroxyl groups excluding tert-OH is 1. The van der Waals surface area contributed by atoms with Crippen molar-refractivity contribution in [2.75, 3.05) is 26.4 Å². The third kappa shape index (κ3) is 40.9. The molecule has 1 aromatic carbocycles. The summed E-state index contributed by atoms with van der Waals surface area (Å²) < 4.78 is 13.8. The highest BCUT2D eigenvalue weighted by atomic mass is 16.5. The van der Waals surface area contributed by atoms with E-state index in [0.29, 0.717) is 18.8 Å². The average Bonchev–Trinajstić information content (AvgIpc) is 2.97. The number of carboxylic acid groups (broad SMARTS) is 1. The summed E-state index contributed by atoms with van der Waals surface area (Å²) in [6.07, 6.45) is 8.85. The second-order valence-corrected chi connectivity index (χ2v) is 7.25. The maximum atomic E-state index is 10.7. The Hall–Kier alpha value is -4.24. The lowest BCUT2D eigenvalue weighted by Crippen LogP contribution is -2.05. The van der Waals surface area contributed by atoms with E-state index in [9.17, 15) is 19.2 Å². The number of rotatable bonds is 13. The van der Waals surface area contributed by atoms with Crippen LogP contribution in [0.1, 0.15) is 52.0 Å². The number of carbonyl (C=O) groups is 4. The van der Waals surface area contributed by atoms with Crippen LogP contribution in [0.5, 0.6) is 0 Å². The third-order valence-electron chi connectivity index (χ3n) is 3.70. The third-order valence-corrected chi connectivity index (χ3v) is 3.70. The topological polar surface area (TPSA) is 136 Å². The maximum absolute atomic E-state index is 10.7. The molecule has 0 aliphatic heterocycles. The molecule has 0 amide bonds. The van der Waals surface area contributed by atoms with Gasteiger partial charge in [-0.15, -0.1) is 0 Å². The van der Waals surface area contributed by atoms with Crippen LogP contribution in [-0.2, 0) is 33.4 Å². The van der Waals surface area contributed by atoms with Crippen LogP contribution in [0.3, 0.4) is 0 Å². The fourth-order valence-corrected chi connectivity index (χ4v) is 1.60. The first-order chi connectivity index (χ1) is 19.0. The van der Waals surface area contributed by atoms with E-state index in [1.807, 2.05) is 43.3 Å². The molecule has 0 aliphatic carbocycles. The van der Waals surface area contributed by atoms with Gasteiger partial charge in [0.05, 0.1) is 19.8 Å². The minimum absolute atomic E-state index is 0.0465. The van der Waals surface area contributed by atoms with Gasteiger partial charge in [-0.25, -0.2) is 19.2 Å². The van der Waals surface area contributed by atoms with Crippen molar-refractivity contribution in [1.82, 2.24) is 0 Å². The fraction of sp³-hybridized carbons (Fsp3) is 0.355. The van der Waals surface area contributed by atoms with Gasteiger partial charge in [0, 0.05) is 23.8 Å². The molecular weight excluding hydrogens is 516 g/mol. The highest BCUT2D eigenvalue weighted by Gasteiger charge is 2.00. The quantitative estimate of drug-likeness (QED) is 0.134. The molecule has 1 aromatic rings. The number of aliphatic hydroxyl groups is 1. The molecule has 0 fully saturated rings. The number of unbranched alkanes of at least 4 members (excludes halogenated alkanes) is 2. The summed E-state index contributed by atoms with van der Waals surface area (Å²) in [5.74, 6) is -2.10. The van der Waals surface area contributed by atoms with Crippen LogP contribution < -0.4 is 0 Å². The summed E-state index contributed by atoms with van der Waals surface area (Å²) in [5, 5.41) is 15.7. The lowest BCUT2D eigenvalue weighted by Gasteiger charge is -2.01. The molecule has 0 radical (unpaired) electrons. The van der Waals surface area contributed by atoms with E-state index in [4.69, 9.17) is 14.9 Å². The van der Waals surface area contributed by atoms with Crippen LogP contribution in [0.25, 0.3) is 6.08 Å². The highest BCUT2D eigenvalue weighted by Crippen LogP contribution is 1.97. The van der Waals surface area contributed by atoms with Crippen molar-refractivity contribution < 1.29 is 43.6 Å². The van der Waals surface area contributed by atoms with Crippen molar-refractivity contribution in [2.24, 2.45) is 0 Å². The molecule has 0 saturated heterocycles. The minimum Gasteiger partial charge on any atom is -0.478 e. The van der Waals surface area contributed by atoms with Crippen LogP contribution in [0.2, 0.25) is 0 Å². The van der Waals surface area contributed by atoms with Crippen molar-refractivity contribution in [3.63, 3.8) is 0 Å². The number of benzene rings is 1. The van der Waals surface area contributed by atoms with Crippen LogP contribution in [-0.4, -0.2) is 60.5 Å². The molecule has 1 rings (SSSR count). The van der Waals surface area contributed by atoms with E-state index >= 15 is 0 Å². The average molecular weight is 563 g/mol. The summed E-state index contributed by atoms with van der Waals surface area (Å²) in [7, 11) is 0. The van der Waals surface area contributed by atoms with Gasteiger partial charge in [0.2, 0.25) is 0 Å². The molecule has 0 atom stereocenters. The molecule has 9 heteroatoms. The Morgan fingerprint density at radius 1 is 0.775 bits per heavy atom. The van der Waals surface area contributed by atoms with Gasteiger partial charge in [0.15, 0.2) is 0 Å². The maximum Gasteiger partial charge on any atom is 0.333 e. The van der Waals surface area contributed by atoms with Gasteiger partial charge in [-0.1, -0.05) is 96.0 Å². The van der Waals surface area contributed by atoms with Crippen LogP contribution in [0, 0.1) is 0 Å². The van der Waals surface area contributed by atoms with E-state index < -0.39 is 11.9 Å². The molecule has 0 heterocycles. The van der Waals surface area contributed by atoms with Gasteiger partial charge >= 0.3 is 23.9 Å². The summed E-state index contributed by atoms with van der Waals surface area (Å²) >= 11 is 0. The van der Waals surface area contributed by atoms with E-state index in [0.717, 1.165) is 37.8 Å². The first-order valence-electron chi connectivity index (χ1n) is 12.6. The summed E-state index contributed by atoms with van der Waals surface area (Å²) in [4.78, 5) is 40.4. The Labute approximate surface area is 239 Å². The summed E-state index contributed by atoms with van der Waals surface area (Å²) in [5.41, 5.74) is 1.64. The Balaban J connectivity index is -0.000000205. The SMILES string of the molecule is C=C(C)C(=O)OCCCC.C=CC(=O)O.C=CC(=O)OCCCC.C=CC(=O)OCCO.C=Cc1ccccc1. The Morgan fingerprint density at radius 3 is 1.50 bits per heavy atom. The second kappa shape index (κ2) is 34.8. The molecule has 2 N–H and O–H groups in total. The minimum atomic E-state index is -0.981. The molecule has 0 spiro atoms. The van der Waals surface area contributed by atoms with Crippen molar-refractivity contribution >= 4 is 30.0 Å². The van der Waals surface area contributed by atoms with Gasteiger partial charge in [-0.2, -0.15) is 0 Å². The molecule has 0 aromatic heterocycles. The zero-order chi connectivity index (χ0) is 31.6. The number of carbonyl (C=O) groups excluding carboxylic acids is 3. The Morgan fingerprint density at radius 2 is 1.20 bits per heavy atom. The highest BCUT2D eigenvalue weighted by molar-refractivity contribution is 5.86. The molecule has 9 nitrogen and oxygen atoms in total. The monoisotopic (exact) mass is 562 g/mol. The standard InChI is InChI=1S/C8H14O2.C8H8.C7H12O2.C5H8O3.C3H4O2/c1-4-5-6-10-8(9)7(2)3;1-2-8-6-4-3-5-7-8;1-3-5-6-9-7(8)4-2;1-2-5(7)8-4-3-6;1-2-3(4)5/h2,4-6H2,1,3H3;2-7H,1H2;4H,2-3,5-6H2,1H3;2,6H,1,3-4H2;2H,1H2,(H,4,5). The molecular formula is C31H46O9. The zero-order valence-electron chi connectivity index (χ0n) is 24.1. The predicted molar refractivity (Wildman–Crippen MR) is 159 cm³/mol. The largest absolute Gasteiger partial charge is 0.478 e. The second-order valence-electron chi connectivity index (χ2n) is 7.25. The molecule has 0 unspecified atom stereocenters. The number of ether oxygens (including phenoxy) is 3. The summed E-state index contributed by atoms with van der Waals surface area (Å²) in [6, 6.07) is 10.0. The number of aliphatic carboxylic acids is 1. The van der Waals surface area contributed by atoms with Crippen molar-refractivity contribution in [2.45, 2.75) is 46.5 Å².